The SMILES string of the molecule is CN=C1COc2ccc(CN)cc2N1. The highest BCUT2D eigenvalue weighted by molar-refractivity contribution is 5.99. The molecular weight excluding hydrogens is 178 g/mol. The average Bonchev–Trinajstić information content (AvgIpc) is 2.27. The minimum atomic E-state index is 0.505. The van der Waals surface area contributed by atoms with Gasteiger partial charge in [-0.05, 0) is 17.7 Å². The number of anilines is 1. The lowest BCUT2D eigenvalue weighted by Gasteiger charge is -2.20. The molecule has 0 atom stereocenters. The van der Waals surface area contributed by atoms with Crippen molar-refractivity contribution in [3.63, 3.8) is 0 Å². The van der Waals surface area contributed by atoms with E-state index in [-0.39, 0.29) is 0 Å². The van der Waals surface area contributed by atoms with Crippen LogP contribution in [0.2, 0.25) is 0 Å². The number of nitrogens with one attached hydrogen (secondary N) is 1. The van der Waals surface area contributed by atoms with Gasteiger partial charge in [0.25, 0.3) is 0 Å². The molecule has 0 fully saturated rings. The molecule has 0 radical (unpaired) electrons. The first-order chi connectivity index (χ1) is 6.83. The maximum atomic E-state index is 5.55. The highest BCUT2D eigenvalue weighted by Gasteiger charge is 2.13. The zero-order valence-corrected chi connectivity index (χ0v) is 8.08. The van der Waals surface area contributed by atoms with Gasteiger partial charge in [-0.2, -0.15) is 0 Å². The molecule has 3 N–H and O–H groups in total. The second kappa shape index (κ2) is 3.67. The molecule has 1 aliphatic rings. The molecule has 14 heavy (non-hydrogen) atoms. The second-order valence-electron chi connectivity index (χ2n) is 3.12. The van der Waals surface area contributed by atoms with Crippen molar-refractivity contribution in [1.82, 2.24) is 0 Å². The highest BCUT2D eigenvalue weighted by Crippen LogP contribution is 2.28. The molecule has 0 aliphatic carbocycles. The molecule has 0 amide bonds. The number of benzene rings is 1. The lowest BCUT2D eigenvalue weighted by Crippen LogP contribution is -2.25. The molecule has 1 aromatic rings. The molecule has 1 aliphatic heterocycles. The van der Waals surface area contributed by atoms with Gasteiger partial charge in [0.1, 0.15) is 18.2 Å². The number of rotatable bonds is 1. The average molecular weight is 191 g/mol. The summed E-state index contributed by atoms with van der Waals surface area (Å²) >= 11 is 0. The summed E-state index contributed by atoms with van der Waals surface area (Å²) in [5, 5.41) is 3.19. The molecule has 0 bridgehead atoms. The van der Waals surface area contributed by atoms with Crippen LogP contribution in [-0.2, 0) is 6.54 Å². The van der Waals surface area contributed by atoms with Crippen molar-refractivity contribution in [3.05, 3.63) is 23.8 Å². The summed E-state index contributed by atoms with van der Waals surface area (Å²) in [6, 6.07) is 5.88. The molecule has 74 valence electrons. The first-order valence-corrected chi connectivity index (χ1v) is 4.52. The van der Waals surface area contributed by atoms with Crippen molar-refractivity contribution in [3.8, 4) is 5.75 Å². The number of amidine groups is 1. The fraction of sp³-hybridized carbons (Fsp3) is 0.300. The number of nitrogens with two attached hydrogens (primary N) is 1. The molecule has 0 saturated heterocycles. The zero-order valence-electron chi connectivity index (χ0n) is 8.08. The summed E-state index contributed by atoms with van der Waals surface area (Å²) in [4.78, 5) is 4.05. The Labute approximate surface area is 82.8 Å². The third-order valence-electron chi connectivity index (χ3n) is 2.19. The quantitative estimate of drug-likeness (QED) is 0.695. The molecule has 0 unspecified atom stereocenters. The van der Waals surface area contributed by atoms with Crippen molar-refractivity contribution in [2.75, 3.05) is 19.0 Å². The number of nitrogens with zero attached hydrogens (tertiary/aromatic N) is 1. The lowest BCUT2D eigenvalue weighted by atomic mass is 10.1. The maximum Gasteiger partial charge on any atom is 0.145 e. The second-order valence-corrected chi connectivity index (χ2v) is 3.12. The summed E-state index contributed by atoms with van der Waals surface area (Å²) in [5.74, 6) is 1.70. The van der Waals surface area contributed by atoms with Gasteiger partial charge in [0.05, 0.1) is 5.69 Å². The van der Waals surface area contributed by atoms with E-state index >= 15 is 0 Å². The number of hydrogen-bond donors (Lipinski definition) is 2. The van der Waals surface area contributed by atoms with Gasteiger partial charge in [-0.25, -0.2) is 0 Å². The van der Waals surface area contributed by atoms with Crippen molar-refractivity contribution < 1.29 is 4.74 Å². The smallest absolute Gasteiger partial charge is 0.145 e. The van der Waals surface area contributed by atoms with Crippen LogP contribution in [0.1, 0.15) is 5.56 Å². The van der Waals surface area contributed by atoms with Gasteiger partial charge in [0, 0.05) is 13.6 Å². The topological polar surface area (TPSA) is 59.6 Å². The Morgan fingerprint density at radius 2 is 2.43 bits per heavy atom. The molecule has 4 nitrogen and oxygen atoms in total. The Balaban J connectivity index is 2.34. The van der Waals surface area contributed by atoms with Gasteiger partial charge in [-0.3, -0.25) is 4.99 Å². The van der Waals surface area contributed by atoms with Crippen LogP contribution in [0.15, 0.2) is 23.2 Å². The minimum Gasteiger partial charge on any atom is -0.484 e. The van der Waals surface area contributed by atoms with Gasteiger partial charge >= 0.3 is 0 Å². The fourth-order valence-electron chi connectivity index (χ4n) is 1.39. The monoisotopic (exact) mass is 191 g/mol. The van der Waals surface area contributed by atoms with E-state index in [9.17, 15) is 0 Å². The van der Waals surface area contributed by atoms with Crippen molar-refractivity contribution in [1.29, 1.82) is 0 Å². The van der Waals surface area contributed by atoms with Gasteiger partial charge in [-0.15, -0.1) is 0 Å². The highest BCUT2D eigenvalue weighted by atomic mass is 16.5. The maximum absolute atomic E-state index is 5.55. The standard InChI is InChI=1S/C10H13N3O/c1-12-10-6-14-9-3-2-7(5-11)4-8(9)13-10/h2-4H,5-6,11H2,1H3,(H,12,13). The number of ether oxygens (including phenoxy) is 1. The molecular formula is C10H13N3O. The van der Waals surface area contributed by atoms with E-state index in [1.165, 1.54) is 0 Å². The summed E-state index contributed by atoms with van der Waals surface area (Å²) in [6.07, 6.45) is 0. The van der Waals surface area contributed by atoms with E-state index in [0.717, 1.165) is 22.8 Å². The predicted octanol–water partition coefficient (Wildman–Crippen LogP) is 0.978. The van der Waals surface area contributed by atoms with Gasteiger partial charge < -0.3 is 15.8 Å². The van der Waals surface area contributed by atoms with Gasteiger partial charge in [0.2, 0.25) is 0 Å². The van der Waals surface area contributed by atoms with E-state index in [1.807, 2.05) is 18.2 Å². The van der Waals surface area contributed by atoms with Gasteiger partial charge in [0.15, 0.2) is 0 Å². The van der Waals surface area contributed by atoms with Crippen LogP contribution in [0.4, 0.5) is 5.69 Å². The molecule has 0 saturated carbocycles. The third kappa shape index (κ3) is 1.56. The molecule has 2 rings (SSSR count). The Bertz CT molecular complexity index is 374. The minimum absolute atomic E-state index is 0.505. The zero-order chi connectivity index (χ0) is 9.97. The summed E-state index contributed by atoms with van der Waals surface area (Å²) in [7, 11) is 1.74. The first-order valence-electron chi connectivity index (χ1n) is 4.52. The number of aliphatic imine (C=N–C) groups is 1. The van der Waals surface area contributed by atoms with Crippen LogP contribution in [0.3, 0.4) is 0 Å². The van der Waals surface area contributed by atoms with Crippen molar-refractivity contribution in [2.45, 2.75) is 6.54 Å². The largest absolute Gasteiger partial charge is 0.484 e. The fourth-order valence-corrected chi connectivity index (χ4v) is 1.39. The Hall–Kier alpha value is -1.55. The molecule has 0 aromatic heterocycles. The molecule has 0 spiro atoms. The van der Waals surface area contributed by atoms with Gasteiger partial charge in [-0.1, -0.05) is 6.07 Å². The summed E-state index contributed by atoms with van der Waals surface area (Å²) < 4.78 is 5.49. The van der Waals surface area contributed by atoms with Crippen LogP contribution in [0, 0.1) is 0 Å². The van der Waals surface area contributed by atoms with E-state index in [1.54, 1.807) is 7.05 Å². The number of fused-ring (bicyclic) bond motifs is 1. The summed E-state index contributed by atoms with van der Waals surface area (Å²) in [6.45, 7) is 1.04. The van der Waals surface area contributed by atoms with Crippen LogP contribution in [0.25, 0.3) is 0 Å². The lowest BCUT2D eigenvalue weighted by molar-refractivity contribution is 0.372. The first kappa shape index (κ1) is 9.02. The Kier molecular flexibility index (Phi) is 2.37. The molecule has 1 heterocycles. The molecule has 1 aromatic carbocycles. The van der Waals surface area contributed by atoms with E-state index in [4.69, 9.17) is 10.5 Å². The molecule has 4 heteroatoms. The van der Waals surface area contributed by atoms with Crippen molar-refractivity contribution >= 4 is 11.5 Å². The van der Waals surface area contributed by atoms with E-state index in [0.29, 0.717) is 13.2 Å². The third-order valence-corrected chi connectivity index (χ3v) is 2.19. The van der Waals surface area contributed by atoms with Crippen LogP contribution >= 0.6 is 0 Å². The van der Waals surface area contributed by atoms with Crippen LogP contribution in [0.5, 0.6) is 5.75 Å². The Morgan fingerprint density at radius 1 is 1.57 bits per heavy atom. The Morgan fingerprint density at radius 3 is 3.14 bits per heavy atom. The summed E-state index contributed by atoms with van der Waals surface area (Å²) in [5.41, 5.74) is 7.58. The van der Waals surface area contributed by atoms with Crippen molar-refractivity contribution in [2.24, 2.45) is 10.7 Å². The van der Waals surface area contributed by atoms with E-state index < -0.39 is 0 Å². The van der Waals surface area contributed by atoms with Crippen LogP contribution in [-0.4, -0.2) is 19.5 Å². The number of hydrogen-bond acceptors (Lipinski definition) is 3. The normalized spacial score (nSPS) is 17.1. The van der Waals surface area contributed by atoms with E-state index in [2.05, 4.69) is 10.3 Å². The predicted molar refractivity (Wildman–Crippen MR) is 56.8 cm³/mol. The van der Waals surface area contributed by atoms with Crippen LogP contribution < -0.4 is 15.8 Å².